The largest absolute Gasteiger partial charge is 0.380 e. The summed E-state index contributed by atoms with van der Waals surface area (Å²) >= 11 is 0. The normalized spacial score (nSPS) is 10.9. The number of rotatable bonds is 4. The Bertz CT molecular complexity index is 806. The van der Waals surface area contributed by atoms with E-state index in [1.165, 1.54) is 5.56 Å². The Labute approximate surface area is 123 Å². The molecule has 3 rings (SSSR count). The van der Waals surface area contributed by atoms with Gasteiger partial charge in [0.2, 0.25) is 0 Å². The molecule has 0 aliphatic rings. The lowest BCUT2D eigenvalue weighted by Gasteiger charge is -2.11. The number of pyridine rings is 1. The van der Waals surface area contributed by atoms with Gasteiger partial charge in [-0.25, -0.2) is 0 Å². The zero-order chi connectivity index (χ0) is 14.7. The Morgan fingerprint density at radius 1 is 1.00 bits per heavy atom. The van der Waals surface area contributed by atoms with Crippen LogP contribution in [0.2, 0.25) is 0 Å². The molecule has 0 amide bonds. The summed E-state index contributed by atoms with van der Waals surface area (Å²) in [6, 6.07) is 17.8. The summed E-state index contributed by atoms with van der Waals surface area (Å²) in [5.41, 5.74) is 3.22. The molecule has 0 spiro atoms. The second-order valence-electron chi connectivity index (χ2n) is 5.08. The van der Waals surface area contributed by atoms with Gasteiger partial charge in [-0.2, -0.15) is 0 Å². The second kappa shape index (κ2) is 5.94. The average molecular weight is 279 g/mol. The van der Waals surface area contributed by atoms with Crippen molar-refractivity contribution in [3.8, 4) is 0 Å². The Balaban J connectivity index is 2.08. The van der Waals surface area contributed by atoms with E-state index in [-0.39, 0.29) is 5.43 Å². The van der Waals surface area contributed by atoms with Gasteiger partial charge in [-0.05, 0) is 23.3 Å². The first kappa shape index (κ1) is 13.6. The van der Waals surface area contributed by atoms with Gasteiger partial charge in [0, 0.05) is 31.3 Å². The maximum atomic E-state index is 12.1. The number of nitrogens with zero attached hydrogens (tertiary/aromatic N) is 1. The maximum absolute atomic E-state index is 12.1. The van der Waals surface area contributed by atoms with E-state index in [2.05, 4.69) is 16.7 Å². The number of benzene rings is 2. The molecule has 0 saturated carbocycles. The molecule has 3 heteroatoms. The van der Waals surface area contributed by atoms with Crippen LogP contribution < -0.4 is 5.43 Å². The predicted molar refractivity (Wildman–Crippen MR) is 84.5 cm³/mol. The number of hydrogen-bond acceptors (Lipinski definition) is 2. The van der Waals surface area contributed by atoms with Gasteiger partial charge in [0.25, 0.3) is 0 Å². The third-order valence-corrected chi connectivity index (χ3v) is 3.55. The first-order valence-corrected chi connectivity index (χ1v) is 6.93. The molecule has 21 heavy (non-hydrogen) atoms. The number of aromatic nitrogens is 1. The van der Waals surface area contributed by atoms with Crippen molar-refractivity contribution in [3.05, 3.63) is 82.1 Å². The molecule has 0 bridgehead atoms. The third-order valence-electron chi connectivity index (χ3n) is 3.55. The van der Waals surface area contributed by atoms with Crippen LogP contribution in [0.5, 0.6) is 0 Å². The van der Waals surface area contributed by atoms with Gasteiger partial charge >= 0.3 is 0 Å². The van der Waals surface area contributed by atoms with Crippen molar-refractivity contribution in [2.24, 2.45) is 0 Å². The summed E-state index contributed by atoms with van der Waals surface area (Å²) in [6.07, 6.45) is 1.85. The van der Waals surface area contributed by atoms with E-state index >= 15 is 0 Å². The van der Waals surface area contributed by atoms with E-state index in [1.54, 1.807) is 13.2 Å². The summed E-state index contributed by atoms with van der Waals surface area (Å²) in [5, 5.41) is 0.739. The molecular formula is C18H17NO2. The lowest BCUT2D eigenvalue weighted by atomic mass is 10.1. The molecule has 0 N–H and O–H groups in total. The monoisotopic (exact) mass is 279 g/mol. The zero-order valence-corrected chi connectivity index (χ0v) is 12.0. The number of fused-ring (bicyclic) bond motifs is 1. The smallest absolute Gasteiger partial charge is 0.189 e. The summed E-state index contributed by atoms with van der Waals surface area (Å²) in [4.78, 5) is 12.1. The summed E-state index contributed by atoms with van der Waals surface area (Å²) in [7, 11) is 1.66. The van der Waals surface area contributed by atoms with Crippen LogP contribution in [-0.2, 0) is 17.9 Å². The first-order valence-electron chi connectivity index (χ1n) is 6.93. The fraction of sp³-hybridized carbons (Fsp3) is 0.167. The summed E-state index contributed by atoms with van der Waals surface area (Å²) < 4.78 is 7.23. The van der Waals surface area contributed by atoms with Crippen molar-refractivity contribution < 1.29 is 4.74 Å². The van der Waals surface area contributed by atoms with E-state index in [0.29, 0.717) is 6.61 Å². The van der Waals surface area contributed by atoms with Crippen molar-refractivity contribution in [1.29, 1.82) is 0 Å². The lowest BCUT2D eigenvalue weighted by Crippen LogP contribution is -2.09. The van der Waals surface area contributed by atoms with Crippen molar-refractivity contribution >= 4 is 10.9 Å². The first-order chi connectivity index (χ1) is 10.3. The van der Waals surface area contributed by atoms with Crippen LogP contribution in [0.4, 0.5) is 0 Å². The van der Waals surface area contributed by atoms with Gasteiger partial charge in [-0.15, -0.1) is 0 Å². The van der Waals surface area contributed by atoms with Gasteiger partial charge in [0.1, 0.15) is 0 Å². The second-order valence-corrected chi connectivity index (χ2v) is 5.08. The summed E-state index contributed by atoms with van der Waals surface area (Å²) in [6.45, 7) is 1.27. The maximum Gasteiger partial charge on any atom is 0.189 e. The molecule has 2 aromatic carbocycles. The highest BCUT2D eigenvalue weighted by Gasteiger charge is 2.05. The Morgan fingerprint density at radius 3 is 2.57 bits per heavy atom. The molecule has 0 atom stereocenters. The topological polar surface area (TPSA) is 31.2 Å². The van der Waals surface area contributed by atoms with Gasteiger partial charge in [-0.1, -0.05) is 36.4 Å². The number of methoxy groups -OCH3 is 1. The molecule has 0 fully saturated rings. The van der Waals surface area contributed by atoms with E-state index < -0.39 is 0 Å². The van der Waals surface area contributed by atoms with E-state index in [9.17, 15) is 4.79 Å². The lowest BCUT2D eigenvalue weighted by molar-refractivity contribution is 0.185. The molecule has 0 aliphatic heterocycles. The quantitative estimate of drug-likeness (QED) is 0.734. The van der Waals surface area contributed by atoms with Gasteiger partial charge in [0.15, 0.2) is 5.43 Å². The van der Waals surface area contributed by atoms with Gasteiger partial charge in [-0.3, -0.25) is 4.79 Å². The van der Waals surface area contributed by atoms with Crippen molar-refractivity contribution in [1.82, 2.24) is 4.57 Å². The standard InChI is InChI=1S/C18H17NO2/c1-21-13-15-7-8-17-16(11-15)18(20)9-10-19(17)12-14-5-3-2-4-6-14/h2-11H,12-13H2,1H3. The van der Waals surface area contributed by atoms with E-state index in [4.69, 9.17) is 4.74 Å². The Morgan fingerprint density at radius 2 is 1.81 bits per heavy atom. The minimum absolute atomic E-state index is 0.0484. The third kappa shape index (κ3) is 2.88. The molecule has 3 nitrogen and oxygen atoms in total. The molecular weight excluding hydrogens is 262 g/mol. The fourth-order valence-electron chi connectivity index (χ4n) is 2.53. The zero-order valence-electron chi connectivity index (χ0n) is 12.0. The minimum atomic E-state index is 0.0484. The van der Waals surface area contributed by atoms with E-state index in [1.807, 2.05) is 42.6 Å². The van der Waals surface area contributed by atoms with E-state index in [0.717, 1.165) is 23.0 Å². The number of hydrogen-bond donors (Lipinski definition) is 0. The average Bonchev–Trinajstić information content (AvgIpc) is 2.52. The van der Waals surface area contributed by atoms with Crippen molar-refractivity contribution in [2.45, 2.75) is 13.2 Å². The Kier molecular flexibility index (Phi) is 3.84. The molecule has 0 aliphatic carbocycles. The van der Waals surface area contributed by atoms with Crippen LogP contribution in [0.3, 0.4) is 0 Å². The Hall–Kier alpha value is -2.39. The molecule has 106 valence electrons. The molecule has 0 saturated heterocycles. The SMILES string of the molecule is COCc1ccc2c(c1)c(=O)ccn2Cc1ccccc1. The minimum Gasteiger partial charge on any atom is -0.380 e. The van der Waals surface area contributed by atoms with Crippen LogP contribution >= 0.6 is 0 Å². The van der Waals surface area contributed by atoms with Crippen LogP contribution in [-0.4, -0.2) is 11.7 Å². The van der Waals surface area contributed by atoms with Gasteiger partial charge in [0.05, 0.1) is 12.1 Å². The molecule has 1 aromatic heterocycles. The number of ether oxygens (including phenoxy) is 1. The van der Waals surface area contributed by atoms with Crippen molar-refractivity contribution in [2.75, 3.05) is 7.11 Å². The molecule has 3 aromatic rings. The van der Waals surface area contributed by atoms with Crippen molar-refractivity contribution in [3.63, 3.8) is 0 Å². The van der Waals surface area contributed by atoms with Crippen LogP contribution in [0.1, 0.15) is 11.1 Å². The van der Waals surface area contributed by atoms with Crippen LogP contribution in [0, 0.1) is 0 Å². The molecule has 1 heterocycles. The highest BCUT2D eigenvalue weighted by atomic mass is 16.5. The van der Waals surface area contributed by atoms with Crippen LogP contribution in [0.15, 0.2) is 65.6 Å². The van der Waals surface area contributed by atoms with Crippen LogP contribution in [0.25, 0.3) is 10.9 Å². The predicted octanol–water partition coefficient (Wildman–Crippen LogP) is 3.20. The highest BCUT2D eigenvalue weighted by Crippen LogP contribution is 2.15. The fourth-order valence-corrected chi connectivity index (χ4v) is 2.53. The summed E-state index contributed by atoms with van der Waals surface area (Å²) in [5.74, 6) is 0. The molecule has 0 unspecified atom stereocenters. The highest BCUT2D eigenvalue weighted by molar-refractivity contribution is 5.79. The molecule has 0 radical (unpaired) electrons. The van der Waals surface area contributed by atoms with Gasteiger partial charge < -0.3 is 9.30 Å².